The molecular weight excluding hydrogens is 104 g/mol. The smallest absolute Gasteiger partial charge is 0.204 e. The predicted octanol–water partition coefficient (Wildman–Crippen LogP) is -0.443. The molecule has 1 N–H and O–H groups in total. The summed E-state index contributed by atoms with van der Waals surface area (Å²) >= 11 is 0. The Kier molecular flexibility index (Phi) is 1.21. The van der Waals surface area contributed by atoms with Crippen LogP contribution in [0.4, 0.5) is 0 Å². The van der Waals surface area contributed by atoms with Crippen LogP contribution >= 0.6 is 0 Å². The van der Waals surface area contributed by atoms with Crippen molar-refractivity contribution >= 4 is 5.91 Å². The fourth-order valence-electron chi connectivity index (χ4n) is 0.671. The summed E-state index contributed by atoms with van der Waals surface area (Å²) in [6, 6.07) is 0. The van der Waals surface area contributed by atoms with Gasteiger partial charge in [0, 0.05) is 6.54 Å². The molecule has 0 saturated carbocycles. The molecule has 0 radical (unpaired) electrons. The Hall–Kier alpha value is -0.570. The summed E-state index contributed by atoms with van der Waals surface area (Å²) in [5.41, 5.74) is 0. The van der Waals surface area contributed by atoms with E-state index in [1.807, 2.05) is 18.9 Å². The summed E-state index contributed by atoms with van der Waals surface area (Å²) in [5, 5.41) is 2.67. The van der Waals surface area contributed by atoms with Crippen LogP contribution in [-0.4, -0.2) is 24.4 Å². The number of likely N-dealkylation sites (N-methyl/N-ethyl adjacent to an activating group) is 1. The molecule has 0 atom stereocenters. The summed E-state index contributed by atoms with van der Waals surface area (Å²) in [5.74, 6) is 0.0880. The maximum Gasteiger partial charge on any atom is 0.204 e. The summed E-state index contributed by atoms with van der Waals surface area (Å²) in [6.07, 6.45) is 0.940. The highest BCUT2D eigenvalue weighted by Crippen LogP contribution is 2.04. The van der Waals surface area contributed by atoms with Crippen LogP contribution in [0.2, 0.25) is 0 Å². The van der Waals surface area contributed by atoms with E-state index in [2.05, 4.69) is 5.32 Å². The number of nitrogens with zero attached hydrogens (tertiary/aromatic N) is 1. The van der Waals surface area contributed by atoms with Crippen molar-refractivity contribution in [2.45, 2.75) is 6.92 Å². The first kappa shape index (κ1) is 5.56. The molecule has 1 fully saturated rings. The van der Waals surface area contributed by atoms with E-state index >= 15 is 0 Å². The van der Waals surface area contributed by atoms with Gasteiger partial charge in [0.05, 0.1) is 0 Å². The van der Waals surface area contributed by atoms with Gasteiger partial charge in [-0.15, -0.1) is 0 Å². The predicted molar refractivity (Wildman–Crippen MR) is 29.7 cm³/mol. The molecule has 1 rings (SSSR count). The van der Waals surface area contributed by atoms with E-state index < -0.39 is 0 Å². The minimum Gasteiger partial charge on any atom is -0.488 e. The molecule has 0 bridgehead atoms. The second-order valence-corrected chi connectivity index (χ2v) is 1.99. The summed E-state index contributed by atoms with van der Waals surface area (Å²) in [7, 11) is 1.88. The van der Waals surface area contributed by atoms with E-state index in [4.69, 9.17) is 0 Å². The van der Waals surface area contributed by atoms with Gasteiger partial charge in [-0.25, -0.2) is 0 Å². The van der Waals surface area contributed by atoms with Crippen LogP contribution in [-0.2, 0) is 4.79 Å². The molecule has 0 aromatic rings. The molecule has 1 aliphatic rings. The first-order chi connectivity index (χ1) is 3.70. The third-order valence-electron chi connectivity index (χ3n) is 1.27. The minimum absolute atomic E-state index is 0.0880. The number of carbonyl (C=O) groups is 1. The van der Waals surface area contributed by atoms with Crippen LogP contribution in [0.3, 0.4) is 0 Å². The van der Waals surface area contributed by atoms with Crippen molar-refractivity contribution < 1.29 is 4.79 Å². The van der Waals surface area contributed by atoms with Crippen molar-refractivity contribution in [3.8, 4) is 0 Å². The van der Waals surface area contributed by atoms with Crippen LogP contribution in [0.25, 0.3) is 0 Å². The summed E-state index contributed by atoms with van der Waals surface area (Å²) in [6.45, 7) is 2.39. The van der Waals surface area contributed by atoms with Gasteiger partial charge in [0.2, 0.25) is 5.91 Å². The Morgan fingerprint density at radius 3 is 2.62 bits per heavy atom. The van der Waals surface area contributed by atoms with E-state index in [0.29, 0.717) is 6.54 Å². The van der Waals surface area contributed by atoms with Gasteiger partial charge in [-0.3, -0.25) is 4.79 Å². The third kappa shape index (κ3) is 0.816. The average Bonchev–Trinajstić information content (AvgIpc) is 1.85. The van der Waals surface area contributed by atoms with E-state index in [9.17, 15) is 4.79 Å². The van der Waals surface area contributed by atoms with Crippen molar-refractivity contribution in [3.63, 3.8) is 0 Å². The highest BCUT2D eigenvalue weighted by atomic mass is 16.2. The van der Waals surface area contributed by atoms with Gasteiger partial charge in [0.25, 0.3) is 0 Å². The standard InChI is InChI=1S/C5H9N2O/c1-4-6-5(8)3-7(4)2/h3H2,1-2H3,(H,6,8)/q-1. The van der Waals surface area contributed by atoms with Crippen molar-refractivity contribution in [3.05, 3.63) is 6.17 Å². The topological polar surface area (TPSA) is 32.3 Å². The molecule has 0 aromatic heterocycles. The Balaban J connectivity index is 2.51. The molecule has 3 nitrogen and oxygen atoms in total. The van der Waals surface area contributed by atoms with Crippen molar-refractivity contribution in [1.82, 2.24) is 10.2 Å². The summed E-state index contributed by atoms with van der Waals surface area (Å²) < 4.78 is 0. The lowest BCUT2D eigenvalue weighted by molar-refractivity contribution is -0.118. The molecule has 1 aliphatic heterocycles. The number of amides is 1. The van der Waals surface area contributed by atoms with E-state index in [-0.39, 0.29) is 5.91 Å². The highest BCUT2D eigenvalue weighted by Gasteiger charge is 2.09. The first-order valence-electron chi connectivity index (χ1n) is 2.54. The fourth-order valence-corrected chi connectivity index (χ4v) is 0.671. The molecule has 1 saturated heterocycles. The largest absolute Gasteiger partial charge is 0.488 e. The van der Waals surface area contributed by atoms with E-state index in [1.54, 1.807) is 0 Å². The van der Waals surface area contributed by atoms with Crippen LogP contribution in [0.1, 0.15) is 6.92 Å². The molecule has 0 aliphatic carbocycles. The highest BCUT2D eigenvalue weighted by molar-refractivity contribution is 5.81. The van der Waals surface area contributed by atoms with Crippen molar-refractivity contribution in [2.24, 2.45) is 0 Å². The Morgan fingerprint density at radius 1 is 1.88 bits per heavy atom. The van der Waals surface area contributed by atoms with Crippen molar-refractivity contribution in [2.75, 3.05) is 13.6 Å². The molecule has 1 heterocycles. The lowest BCUT2D eigenvalue weighted by Gasteiger charge is -2.26. The van der Waals surface area contributed by atoms with Crippen LogP contribution in [0, 0.1) is 6.17 Å². The SMILES string of the molecule is C[C-]1NC(=O)CN1C. The van der Waals surface area contributed by atoms with Crippen LogP contribution < -0.4 is 5.32 Å². The second-order valence-electron chi connectivity index (χ2n) is 1.99. The monoisotopic (exact) mass is 113 g/mol. The van der Waals surface area contributed by atoms with Gasteiger partial charge in [-0.1, -0.05) is 0 Å². The van der Waals surface area contributed by atoms with E-state index in [0.717, 1.165) is 6.17 Å². The molecule has 8 heavy (non-hydrogen) atoms. The molecule has 46 valence electrons. The zero-order valence-corrected chi connectivity index (χ0v) is 5.06. The number of rotatable bonds is 0. The lowest BCUT2D eigenvalue weighted by Crippen LogP contribution is -2.20. The van der Waals surface area contributed by atoms with E-state index in [1.165, 1.54) is 0 Å². The normalized spacial score (nSPS) is 24.0. The Labute approximate surface area is 48.7 Å². The maximum atomic E-state index is 10.5. The summed E-state index contributed by atoms with van der Waals surface area (Å²) in [4.78, 5) is 12.4. The number of hydrogen-bond acceptors (Lipinski definition) is 2. The zero-order valence-electron chi connectivity index (χ0n) is 5.06. The van der Waals surface area contributed by atoms with Gasteiger partial charge in [-0.05, 0) is 7.05 Å². The van der Waals surface area contributed by atoms with Gasteiger partial charge in [0.15, 0.2) is 0 Å². The van der Waals surface area contributed by atoms with Gasteiger partial charge >= 0.3 is 0 Å². The molecule has 0 unspecified atom stereocenters. The van der Waals surface area contributed by atoms with Crippen LogP contribution in [0.5, 0.6) is 0 Å². The van der Waals surface area contributed by atoms with Gasteiger partial charge in [0.1, 0.15) is 0 Å². The quantitative estimate of drug-likeness (QED) is 0.432. The van der Waals surface area contributed by atoms with Gasteiger partial charge in [-0.2, -0.15) is 13.1 Å². The Morgan fingerprint density at radius 2 is 2.50 bits per heavy atom. The number of carbonyl (C=O) groups excluding carboxylic acids is 1. The molecule has 0 spiro atoms. The number of hydrogen-bond donors (Lipinski definition) is 1. The minimum atomic E-state index is 0.0880. The maximum absolute atomic E-state index is 10.5. The third-order valence-corrected chi connectivity index (χ3v) is 1.27. The molecule has 0 aromatic carbocycles. The van der Waals surface area contributed by atoms with Crippen molar-refractivity contribution in [1.29, 1.82) is 0 Å². The lowest BCUT2D eigenvalue weighted by atomic mass is 10.6. The fraction of sp³-hybridized carbons (Fsp3) is 0.600. The second kappa shape index (κ2) is 1.74. The van der Waals surface area contributed by atoms with Gasteiger partial charge < -0.3 is 10.2 Å². The number of nitrogens with one attached hydrogen (secondary N) is 1. The molecule has 1 amide bonds. The molecule has 3 heteroatoms. The first-order valence-corrected chi connectivity index (χ1v) is 2.54. The zero-order chi connectivity index (χ0) is 6.15. The molecular formula is C5H9N2O-. The van der Waals surface area contributed by atoms with Crippen LogP contribution in [0.15, 0.2) is 0 Å². The Bertz CT molecular complexity index is 101. The average molecular weight is 113 g/mol.